The van der Waals surface area contributed by atoms with Crippen LogP contribution >= 0.6 is 11.6 Å². The van der Waals surface area contributed by atoms with E-state index >= 15 is 0 Å². The maximum Gasteiger partial charge on any atom is 0.416 e. The number of amides is 1. The highest BCUT2D eigenvalue weighted by Crippen LogP contribution is 2.30. The van der Waals surface area contributed by atoms with Gasteiger partial charge in [0.05, 0.1) is 11.3 Å². The van der Waals surface area contributed by atoms with Gasteiger partial charge in [-0.05, 0) is 48.5 Å². The lowest BCUT2D eigenvalue weighted by Gasteiger charge is -2.06. The maximum absolute atomic E-state index is 12.6. The number of carbonyl (C=O) groups excluding carboxylic acids is 1. The van der Waals surface area contributed by atoms with Gasteiger partial charge in [-0.25, -0.2) is 4.99 Å². The Hall–Kier alpha value is -2.80. The molecule has 0 radical (unpaired) electrons. The number of carbonyl (C=O) groups is 1. The highest BCUT2D eigenvalue weighted by Gasteiger charge is 2.29. The van der Waals surface area contributed by atoms with Crippen molar-refractivity contribution in [2.75, 3.05) is 0 Å². The molecule has 8 heteroatoms. The van der Waals surface area contributed by atoms with E-state index in [4.69, 9.17) is 21.8 Å². The highest BCUT2D eigenvalue weighted by atomic mass is 35.5. The molecule has 0 bridgehead atoms. The lowest BCUT2D eigenvalue weighted by atomic mass is 10.1. The molecule has 0 saturated carbocycles. The first kappa shape index (κ1) is 17.0. The molecule has 1 amide bonds. The van der Waals surface area contributed by atoms with Crippen molar-refractivity contribution in [2.24, 2.45) is 10.7 Å². The standard InChI is InChI=1S/C17H10ClF3N2O2/c18-11-3-6-14-9(7-11)8-13(15(22)24)16(25-14)23-12-4-1-10(2-5-12)17(19,20)21/h1-8H,(H2,22,24). The summed E-state index contributed by atoms with van der Waals surface area (Å²) in [6, 6.07) is 10.4. The number of halogens is 4. The van der Waals surface area contributed by atoms with Gasteiger partial charge in [-0.3, -0.25) is 4.79 Å². The predicted octanol–water partition coefficient (Wildman–Crippen LogP) is 4.44. The number of hydrogen-bond acceptors (Lipinski definition) is 3. The Labute approximate surface area is 144 Å². The number of hydrogen-bond donors (Lipinski definition) is 1. The molecule has 3 rings (SSSR count). The van der Waals surface area contributed by atoms with Gasteiger partial charge in [0.25, 0.3) is 5.91 Å². The summed E-state index contributed by atoms with van der Waals surface area (Å²) < 4.78 is 43.4. The normalized spacial score (nSPS) is 12.6. The van der Waals surface area contributed by atoms with Crippen molar-refractivity contribution in [3.8, 4) is 0 Å². The Kier molecular flexibility index (Phi) is 4.26. The number of rotatable bonds is 2. The summed E-state index contributed by atoms with van der Waals surface area (Å²) >= 11 is 5.90. The fourth-order valence-electron chi connectivity index (χ4n) is 2.20. The zero-order valence-electron chi connectivity index (χ0n) is 12.5. The van der Waals surface area contributed by atoms with E-state index in [0.717, 1.165) is 12.1 Å². The van der Waals surface area contributed by atoms with Crippen LogP contribution in [-0.4, -0.2) is 5.91 Å². The van der Waals surface area contributed by atoms with Crippen LogP contribution in [0.1, 0.15) is 15.9 Å². The van der Waals surface area contributed by atoms with Crippen molar-refractivity contribution in [1.29, 1.82) is 0 Å². The Bertz CT molecular complexity index is 1020. The maximum atomic E-state index is 12.6. The molecule has 0 fully saturated rings. The molecule has 2 N–H and O–H groups in total. The first-order valence-electron chi connectivity index (χ1n) is 6.99. The van der Waals surface area contributed by atoms with Crippen LogP contribution < -0.4 is 11.3 Å². The molecule has 2 aromatic carbocycles. The van der Waals surface area contributed by atoms with E-state index in [1.54, 1.807) is 18.2 Å². The minimum atomic E-state index is -4.44. The first-order chi connectivity index (χ1) is 11.7. The van der Waals surface area contributed by atoms with Crippen molar-refractivity contribution in [1.82, 2.24) is 0 Å². The monoisotopic (exact) mass is 366 g/mol. The highest BCUT2D eigenvalue weighted by molar-refractivity contribution is 6.31. The molecular formula is C17H10ClF3N2O2. The minimum absolute atomic E-state index is 0.00494. The third-order valence-corrected chi connectivity index (χ3v) is 3.63. The van der Waals surface area contributed by atoms with E-state index in [2.05, 4.69) is 4.99 Å². The van der Waals surface area contributed by atoms with Gasteiger partial charge in [0.2, 0.25) is 5.55 Å². The smallest absolute Gasteiger partial charge is 0.416 e. The zero-order valence-corrected chi connectivity index (χ0v) is 13.2. The van der Waals surface area contributed by atoms with Crippen LogP contribution in [0.5, 0.6) is 0 Å². The first-order valence-corrected chi connectivity index (χ1v) is 7.37. The fraction of sp³-hybridized carbons (Fsp3) is 0.0588. The second-order valence-electron chi connectivity index (χ2n) is 5.17. The third-order valence-electron chi connectivity index (χ3n) is 3.40. The topological polar surface area (TPSA) is 68.6 Å². The molecule has 0 aliphatic carbocycles. The average molecular weight is 367 g/mol. The number of fused-ring (bicyclic) bond motifs is 1. The number of primary amides is 1. The molecule has 3 aromatic rings. The predicted molar refractivity (Wildman–Crippen MR) is 86.4 cm³/mol. The van der Waals surface area contributed by atoms with Crippen LogP contribution in [0.25, 0.3) is 11.0 Å². The van der Waals surface area contributed by atoms with E-state index in [1.807, 2.05) is 0 Å². The van der Waals surface area contributed by atoms with Crippen LogP contribution in [0, 0.1) is 0 Å². The van der Waals surface area contributed by atoms with Gasteiger partial charge in [0, 0.05) is 10.4 Å². The van der Waals surface area contributed by atoms with Gasteiger partial charge < -0.3 is 10.2 Å². The summed E-state index contributed by atoms with van der Waals surface area (Å²) in [6.45, 7) is 0. The largest absolute Gasteiger partial charge is 0.438 e. The van der Waals surface area contributed by atoms with Crippen molar-refractivity contribution >= 4 is 34.2 Å². The quantitative estimate of drug-likeness (QED) is 0.728. The van der Waals surface area contributed by atoms with Crippen LogP contribution in [0.15, 0.2) is 57.9 Å². The van der Waals surface area contributed by atoms with Crippen molar-refractivity contribution < 1.29 is 22.4 Å². The van der Waals surface area contributed by atoms with Gasteiger partial charge in [0.1, 0.15) is 11.1 Å². The molecule has 4 nitrogen and oxygen atoms in total. The van der Waals surface area contributed by atoms with Gasteiger partial charge in [-0.1, -0.05) is 11.6 Å². The Balaban J connectivity index is 2.16. The van der Waals surface area contributed by atoms with Gasteiger partial charge in [-0.15, -0.1) is 0 Å². The summed E-state index contributed by atoms with van der Waals surface area (Å²) in [7, 11) is 0. The zero-order chi connectivity index (χ0) is 18.2. The van der Waals surface area contributed by atoms with Gasteiger partial charge >= 0.3 is 6.18 Å². The van der Waals surface area contributed by atoms with Crippen LogP contribution in [0.4, 0.5) is 18.9 Å². The molecule has 1 heterocycles. The summed E-state index contributed by atoms with van der Waals surface area (Å²) in [5.74, 6) is -0.781. The molecular weight excluding hydrogens is 357 g/mol. The van der Waals surface area contributed by atoms with E-state index < -0.39 is 17.6 Å². The van der Waals surface area contributed by atoms with Crippen LogP contribution in [0.3, 0.4) is 0 Å². The molecule has 0 spiro atoms. The van der Waals surface area contributed by atoms with E-state index in [-0.39, 0.29) is 16.8 Å². The van der Waals surface area contributed by atoms with Crippen LogP contribution in [0.2, 0.25) is 5.02 Å². The molecule has 0 aliphatic heterocycles. The van der Waals surface area contributed by atoms with Crippen molar-refractivity contribution in [3.63, 3.8) is 0 Å². The Morgan fingerprint density at radius 1 is 1.08 bits per heavy atom. The number of nitrogens with two attached hydrogens (primary N) is 1. The number of benzene rings is 2. The van der Waals surface area contributed by atoms with E-state index in [9.17, 15) is 18.0 Å². The molecule has 0 atom stereocenters. The number of alkyl halides is 3. The molecule has 0 aliphatic rings. The molecule has 25 heavy (non-hydrogen) atoms. The van der Waals surface area contributed by atoms with E-state index in [1.165, 1.54) is 18.2 Å². The minimum Gasteiger partial charge on any atom is -0.438 e. The second-order valence-corrected chi connectivity index (χ2v) is 5.60. The van der Waals surface area contributed by atoms with Crippen molar-refractivity contribution in [3.05, 3.63) is 70.2 Å². The third kappa shape index (κ3) is 3.66. The number of nitrogens with zero attached hydrogens (tertiary/aromatic N) is 1. The van der Waals surface area contributed by atoms with Gasteiger partial charge in [0.15, 0.2) is 0 Å². The SMILES string of the molecule is NC(=O)c1cc2cc(Cl)ccc2oc1=Nc1ccc(C(F)(F)F)cc1. The Morgan fingerprint density at radius 2 is 1.76 bits per heavy atom. The van der Waals surface area contributed by atoms with Gasteiger partial charge in [-0.2, -0.15) is 13.2 Å². The summed E-state index contributed by atoms with van der Waals surface area (Å²) in [5, 5.41) is 0.998. The van der Waals surface area contributed by atoms with E-state index in [0.29, 0.717) is 16.0 Å². The fourth-order valence-corrected chi connectivity index (χ4v) is 2.38. The molecule has 1 aromatic heterocycles. The molecule has 0 saturated heterocycles. The van der Waals surface area contributed by atoms with Crippen molar-refractivity contribution in [2.45, 2.75) is 6.18 Å². The lowest BCUT2D eigenvalue weighted by Crippen LogP contribution is -2.21. The molecule has 0 unspecified atom stereocenters. The summed E-state index contributed by atoms with van der Waals surface area (Å²) in [5.41, 5.74) is 5.03. The summed E-state index contributed by atoms with van der Waals surface area (Å²) in [4.78, 5) is 15.7. The molecule has 128 valence electrons. The summed E-state index contributed by atoms with van der Waals surface area (Å²) in [6.07, 6.45) is -4.44. The second kappa shape index (κ2) is 6.25. The average Bonchev–Trinajstić information content (AvgIpc) is 2.54. The lowest BCUT2D eigenvalue weighted by molar-refractivity contribution is -0.137. The van der Waals surface area contributed by atoms with Crippen LogP contribution in [-0.2, 0) is 6.18 Å². The Morgan fingerprint density at radius 3 is 2.36 bits per heavy atom.